The van der Waals surface area contributed by atoms with Crippen molar-refractivity contribution in [3.8, 4) is 5.88 Å². The Bertz CT molecular complexity index is 493. The van der Waals surface area contributed by atoms with E-state index in [4.69, 9.17) is 9.47 Å². The third-order valence-electron chi connectivity index (χ3n) is 1.93. The quantitative estimate of drug-likeness (QED) is 0.864. The molecule has 1 heterocycles. The van der Waals surface area contributed by atoms with Crippen molar-refractivity contribution in [2.45, 2.75) is 39.8 Å². The van der Waals surface area contributed by atoms with Gasteiger partial charge in [0.25, 0.3) is 0 Å². The molecule has 0 saturated carbocycles. The molecule has 8 heteroatoms. The van der Waals surface area contributed by atoms with Crippen LogP contribution in [0.15, 0.2) is 0 Å². The summed E-state index contributed by atoms with van der Waals surface area (Å²) in [7, 11) is 1.22. The van der Waals surface area contributed by atoms with Gasteiger partial charge in [-0.15, -0.1) is 11.3 Å². The first-order chi connectivity index (χ1) is 9.21. The van der Waals surface area contributed by atoms with Gasteiger partial charge in [-0.25, -0.2) is 14.6 Å². The molecule has 1 aromatic heterocycles. The number of hydrogen-bond donors (Lipinski definition) is 1. The van der Waals surface area contributed by atoms with E-state index in [0.29, 0.717) is 5.01 Å². The molecule has 0 atom stereocenters. The average Bonchev–Trinajstić information content (AvgIpc) is 2.65. The molecule has 0 radical (unpaired) electrons. The summed E-state index contributed by atoms with van der Waals surface area (Å²) in [5, 5.41) is 3.18. The Balaban J connectivity index is 2.55. The Labute approximate surface area is 121 Å². The number of carbonyl (C=O) groups is 2. The SMILES string of the molecule is COC(=O)Oc1nc(CNC(=O)OC(C)(C)C)sc1C. The van der Waals surface area contributed by atoms with Gasteiger partial charge in [0.2, 0.25) is 5.88 Å². The highest BCUT2D eigenvalue weighted by atomic mass is 32.1. The summed E-state index contributed by atoms with van der Waals surface area (Å²) < 4.78 is 14.3. The third kappa shape index (κ3) is 5.43. The summed E-state index contributed by atoms with van der Waals surface area (Å²) in [6.07, 6.45) is -1.36. The normalized spacial score (nSPS) is 10.8. The molecular formula is C12H18N2O5S. The molecular weight excluding hydrogens is 284 g/mol. The van der Waals surface area contributed by atoms with E-state index in [9.17, 15) is 9.59 Å². The monoisotopic (exact) mass is 302 g/mol. The molecule has 0 fully saturated rings. The van der Waals surface area contributed by atoms with Crippen LogP contribution in [-0.4, -0.2) is 29.9 Å². The molecule has 0 spiro atoms. The summed E-state index contributed by atoms with van der Waals surface area (Å²) in [6.45, 7) is 7.30. The van der Waals surface area contributed by atoms with Gasteiger partial charge in [-0.2, -0.15) is 0 Å². The van der Waals surface area contributed by atoms with Crippen LogP contribution in [0, 0.1) is 6.92 Å². The molecule has 20 heavy (non-hydrogen) atoms. The van der Waals surface area contributed by atoms with Crippen LogP contribution in [0.25, 0.3) is 0 Å². The molecule has 112 valence electrons. The van der Waals surface area contributed by atoms with Crippen molar-refractivity contribution < 1.29 is 23.8 Å². The topological polar surface area (TPSA) is 86.8 Å². The molecule has 0 aliphatic rings. The lowest BCUT2D eigenvalue weighted by molar-refractivity contribution is 0.0523. The van der Waals surface area contributed by atoms with Crippen LogP contribution in [0.3, 0.4) is 0 Å². The summed E-state index contributed by atoms with van der Waals surface area (Å²) in [4.78, 5) is 27.3. The van der Waals surface area contributed by atoms with Crippen molar-refractivity contribution >= 4 is 23.6 Å². The minimum atomic E-state index is -0.829. The second-order valence-corrected chi connectivity index (χ2v) is 6.17. The standard InChI is InChI=1S/C12H18N2O5S/c1-7-9(18-11(16)17-5)14-8(20-7)6-13-10(15)19-12(2,3)4/h6H2,1-5H3,(H,13,15). The molecule has 1 aromatic rings. The Morgan fingerprint density at radius 2 is 2.00 bits per heavy atom. The van der Waals surface area contributed by atoms with E-state index >= 15 is 0 Å². The van der Waals surface area contributed by atoms with Crippen LogP contribution >= 0.6 is 11.3 Å². The number of nitrogens with zero attached hydrogens (tertiary/aromatic N) is 1. The smallest absolute Gasteiger partial charge is 0.444 e. The highest BCUT2D eigenvalue weighted by Crippen LogP contribution is 2.24. The lowest BCUT2D eigenvalue weighted by atomic mass is 10.2. The van der Waals surface area contributed by atoms with E-state index in [-0.39, 0.29) is 12.4 Å². The Morgan fingerprint density at radius 3 is 2.55 bits per heavy atom. The minimum absolute atomic E-state index is 0.183. The number of ether oxygens (including phenoxy) is 3. The van der Waals surface area contributed by atoms with E-state index in [1.165, 1.54) is 18.4 Å². The van der Waals surface area contributed by atoms with Gasteiger partial charge in [0.05, 0.1) is 18.5 Å². The summed E-state index contributed by atoms with van der Waals surface area (Å²) in [5.74, 6) is 0.183. The zero-order valence-electron chi connectivity index (χ0n) is 12.1. The zero-order chi connectivity index (χ0) is 15.3. The van der Waals surface area contributed by atoms with Gasteiger partial charge < -0.3 is 19.5 Å². The predicted octanol–water partition coefficient (Wildman–Crippen LogP) is 2.62. The van der Waals surface area contributed by atoms with Crippen LogP contribution < -0.4 is 10.1 Å². The number of hydrogen-bond acceptors (Lipinski definition) is 7. The average molecular weight is 302 g/mol. The van der Waals surface area contributed by atoms with E-state index in [2.05, 4.69) is 15.0 Å². The van der Waals surface area contributed by atoms with Gasteiger partial charge >= 0.3 is 12.2 Å². The van der Waals surface area contributed by atoms with Crippen LogP contribution in [-0.2, 0) is 16.0 Å². The summed E-state index contributed by atoms with van der Waals surface area (Å²) >= 11 is 1.31. The second-order valence-electron chi connectivity index (χ2n) is 4.88. The Morgan fingerprint density at radius 1 is 1.35 bits per heavy atom. The van der Waals surface area contributed by atoms with E-state index in [1.807, 2.05) is 0 Å². The number of methoxy groups -OCH3 is 1. The van der Waals surface area contributed by atoms with E-state index in [0.717, 1.165) is 4.88 Å². The molecule has 0 aliphatic carbocycles. The van der Waals surface area contributed by atoms with Crippen molar-refractivity contribution in [3.63, 3.8) is 0 Å². The fourth-order valence-corrected chi connectivity index (χ4v) is 1.99. The number of carbonyl (C=O) groups excluding carboxylic acids is 2. The van der Waals surface area contributed by atoms with Crippen LogP contribution in [0.2, 0.25) is 0 Å². The van der Waals surface area contributed by atoms with Crippen molar-refractivity contribution in [2.24, 2.45) is 0 Å². The van der Waals surface area contributed by atoms with Gasteiger partial charge in [0, 0.05) is 0 Å². The number of nitrogens with one attached hydrogen (secondary N) is 1. The number of amides is 1. The van der Waals surface area contributed by atoms with Gasteiger partial charge in [0.1, 0.15) is 10.6 Å². The van der Waals surface area contributed by atoms with Crippen molar-refractivity contribution in [1.82, 2.24) is 10.3 Å². The second kappa shape index (κ2) is 6.56. The van der Waals surface area contributed by atoms with Crippen molar-refractivity contribution in [3.05, 3.63) is 9.88 Å². The minimum Gasteiger partial charge on any atom is -0.444 e. The molecule has 0 unspecified atom stereocenters. The van der Waals surface area contributed by atoms with Crippen LogP contribution in [0.1, 0.15) is 30.7 Å². The Hall–Kier alpha value is -1.83. The summed E-state index contributed by atoms with van der Waals surface area (Å²) in [5.41, 5.74) is -0.554. The maximum Gasteiger partial charge on any atom is 0.514 e. The van der Waals surface area contributed by atoms with Gasteiger partial charge in [0.15, 0.2) is 0 Å². The first-order valence-electron chi connectivity index (χ1n) is 5.90. The molecule has 1 rings (SSSR count). The van der Waals surface area contributed by atoms with Crippen LogP contribution in [0.4, 0.5) is 9.59 Å². The molecule has 0 bridgehead atoms. The molecule has 0 saturated heterocycles. The molecule has 0 aliphatic heterocycles. The van der Waals surface area contributed by atoms with Crippen LogP contribution in [0.5, 0.6) is 5.88 Å². The number of aromatic nitrogens is 1. The number of aryl methyl sites for hydroxylation is 1. The van der Waals surface area contributed by atoms with Gasteiger partial charge in [-0.1, -0.05) is 0 Å². The fraction of sp³-hybridized carbons (Fsp3) is 0.583. The van der Waals surface area contributed by atoms with E-state index < -0.39 is 17.8 Å². The van der Waals surface area contributed by atoms with Gasteiger partial charge in [-0.05, 0) is 27.7 Å². The molecule has 7 nitrogen and oxygen atoms in total. The Kier molecular flexibility index (Phi) is 5.32. The van der Waals surface area contributed by atoms with Crippen molar-refractivity contribution in [1.29, 1.82) is 0 Å². The fourth-order valence-electron chi connectivity index (χ4n) is 1.19. The lowest BCUT2D eigenvalue weighted by Crippen LogP contribution is -2.32. The molecule has 0 aromatic carbocycles. The zero-order valence-corrected chi connectivity index (χ0v) is 12.9. The highest BCUT2D eigenvalue weighted by molar-refractivity contribution is 7.11. The lowest BCUT2D eigenvalue weighted by Gasteiger charge is -2.19. The maximum atomic E-state index is 11.5. The largest absolute Gasteiger partial charge is 0.514 e. The number of alkyl carbamates (subject to hydrolysis) is 1. The molecule has 1 N–H and O–H groups in total. The first kappa shape index (κ1) is 16.2. The third-order valence-corrected chi connectivity index (χ3v) is 2.88. The highest BCUT2D eigenvalue weighted by Gasteiger charge is 2.17. The van der Waals surface area contributed by atoms with Crippen molar-refractivity contribution in [2.75, 3.05) is 7.11 Å². The first-order valence-corrected chi connectivity index (χ1v) is 6.72. The maximum absolute atomic E-state index is 11.5. The van der Waals surface area contributed by atoms with Gasteiger partial charge in [-0.3, -0.25) is 0 Å². The number of thiazole rings is 1. The molecule has 1 amide bonds. The predicted molar refractivity (Wildman–Crippen MR) is 73.0 cm³/mol. The van der Waals surface area contributed by atoms with E-state index in [1.54, 1.807) is 27.7 Å². The summed E-state index contributed by atoms with van der Waals surface area (Å²) in [6, 6.07) is 0. The number of rotatable bonds is 3.